The van der Waals surface area contributed by atoms with E-state index in [9.17, 15) is 10.1 Å². The molecule has 3 N–H and O–H groups in total. The minimum absolute atomic E-state index is 0.0684. The van der Waals surface area contributed by atoms with Crippen LogP contribution < -0.4 is 11.1 Å². The van der Waals surface area contributed by atoms with Crippen molar-refractivity contribution >= 4 is 17.3 Å². The Morgan fingerprint density at radius 3 is 3.00 bits per heavy atom. The molecule has 0 aliphatic heterocycles. The van der Waals surface area contributed by atoms with E-state index < -0.39 is 4.92 Å². The Balaban J connectivity index is 2.21. The minimum atomic E-state index is -0.625. The van der Waals surface area contributed by atoms with E-state index in [-0.39, 0.29) is 23.9 Å². The van der Waals surface area contributed by atoms with Crippen LogP contribution in [0.4, 0.5) is 17.3 Å². The van der Waals surface area contributed by atoms with Gasteiger partial charge in [-0.15, -0.1) is 0 Å². The monoisotopic (exact) mass is 235 g/mol. The molecular formula is C9H9N5O3. The molecule has 2 aromatic rings. The summed E-state index contributed by atoms with van der Waals surface area (Å²) in [6.07, 6.45) is 2.67. The van der Waals surface area contributed by atoms with Crippen LogP contribution in [0.2, 0.25) is 0 Å². The van der Waals surface area contributed by atoms with Gasteiger partial charge in [0.1, 0.15) is 12.1 Å². The summed E-state index contributed by atoms with van der Waals surface area (Å²) in [5.41, 5.74) is 5.08. The number of nitrogens with two attached hydrogens (primary N) is 1. The van der Waals surface area contributed by atoms with E-state index >= 15 is 0 Å². The molecule has 8 heteroatoms. The molecule has 0 spiro atoms. The highest BCUT2D eigenvalue weighted by molar-refractivity contribution is 5.67. The fourth-order valence-electron chi connectivity index (χ4n) is 1.29. The molecular weight excluding hydrogens is 226 g/mol. The number of nitrogen functional groups attached to an aromatic ring is 1. The van der Waals surface area contributed by atoms with E-state index in [0.717, 1.165) is 6.33 Å². The summed E-state index contributed by atoms with van der Waals surface area (Å²) in [6, 6.07) is 3.46. The smallest absolute Gasteiger partial charge is 0.352 e. The van der Waals surface area contributed by atoms with Gasteiger partial charge < -0.3 is 15.5 Å². The number of anilines is 2. The molecule has 0 saturated heterocycles. The first-order chi connectivity index (χ1) is 8.18. The minimum Gasteiger partial charge on any atom is -0.467 e. The molecule has 0 aliphatic rings. The molecule has 0 amide bonds. The van der Waals surface area contributed by atoms with Gasteiger partial charge >= 0.3 is 5.69 Å². The molecule has 0 bridgehead atoms. The molecule has 2 heterocycles. The van der Waals surface area contributed by atoms with Crippen molar-refractivity contribution in [3.05, 3.63) is 40.6 Å². The van der Waals surface area contributed by atoms with E-state index in [0.29, 0.717) is 5.76 Å². The largest absolute Gasteiger partial charge is 0.467 e. The molecule has 0 fully saturated rings. The van der Waals surface area contributed by atoms with Gasteiger partial charge in [0.2, 0.25) is 11.6 Å². The number of aromatic nitrogens is 2. The second kappa shape index (κ2) is 4.47. The topological polar surface area (TPSA) is 120 Å². The SMILES string of the molecule is Nc1ncnc(NCc2ccco2)c1[N+](=O)[O-]. The maximum atomic E-state index is 10.8. The van der Waals surface area contributed by atoms with E-state index in [1.807, 2.05) is 0 Å². The zero-order valence-electron chi connectivity index (χ0n) is 8.66. The second-order valence-electron chi connectivity index (χ2n) is 3.15. The molecule has 17 heavy (non-hydrogen) atoms. The molecule has 0 saturated carbocycles. The lowest BCUT2D eigenvalue weighted by atomic mass is 10.4. The third-order valence-corrected chi connectivity index (χ3v) is 2.04. The van der Waals surface area contributed by atoms with Crippen molar-refractivity contribution in [3.63, 3.8) is 0 Å². The summed E-state index contributed by atoms with van der Waals surface area (Å²) >= 11 is 0. The van der Waals surface area contributed by atoms with E-state index in [1.54, 1.807) is 12.1 Å². The normalized spacial score (nSPS) is 10.1. The molecule has 8 nitrogen and oxygen atoms in total. The van der Waals surface area contributed by atoms with Gasteiger partial charge in [0.15, 0.2) is 0 Å². The summed E-state index contributed by atoms with van der Waals surface area (Å²) in [5, 5.41) is 13.6. The summed E-state index contributed by atoms with van der Waals surface area (Å²) < 4.78 is 5.08. The van der Waals surface area contributed by atoms with E-state index in [4.69, 9.17) is 10.2 Å². The highest BCUT2D eigenvalue weighted by atomic mass is 16.6. The van der Waals surface area contributed by atoms with Crippen LogP contribution in [0.5, 0.6) is 0 Å². The fraction of sp³-hybridized carbons (Fsp3) is 0.111. The number of hydrogen-bond acceptors (Lipinski definition) is 7. The average molecular weight is 235 g/mol. The second-order valence-corrected chi connectivity index (χ2v) is 3.15. The van der Waals surface area contributed by atoms with Crippen molar-refractivity contribution in [2.75, 3.05) is 11.1 Å². The van der Waals surface area contributed by atoms with Gasteiger partial charge in [-0.2, -0.15) is 0 Å². The summed E-state index contributed by atoms with van der Waals surface area (Å²) in [6.45, 7) is 0.282. The van der Waals surface area contributed by atoms with E-state index in [2.05, 4.69) is 15.3 Å². The number of furan rings is 1. The van der Waals surface area contributed by atoms with Crippen molar-refractivity contribution < 1.29 is 9.34 Å². The number of hydrogen-bond donors (Lipinski definition) is 2. The number of rotatable bonds is 4. The summed E-state index contributed by atoms with van der Waals surface area (Å²) in [7, 11) is 0. The predicted molar refractivity (Wildman–Crippen MR) is 59.1 cm³/mol. The molecule has 0 aliphatic carbocycles. The predicted octanol–water partition coefficient (Wildman–Crippen LogP) is 1.17. The van der Waals surface area contributed by atoms with Crippen molar-refractivity contribution in [2.45, 2.75) is 6.54 Å². The van der Waals surface area contributed by atoms with Crippen LogP contribution in [0.1, 0.15) is 5.76 Å². The first-order valence-electron chi connectivity index (χ1n) is 4.69. The Hall–Kier alpha value is -2.64. The third-order valence-electron chi connectivity index (χ3n) is 2.04. The zero-order chi connectivity index (χ0) is 12.3. The van der Waals surface area contributed by atoms with Crippen LogP contribution in [0.25, 0.3) is 0 Å². The van der Waals surface area contributed by atoms with E-state index in [1.165, 1.54) is 6.26 Å². The van der Waals surface area contributed by atoms with Gasteiger partial charge in [0.05, 0.1) is 17.7 Å². The summed E-state index contributed by atoms with van der Waals surface area (Å²) in [5.74, 6) is 0.530. The first-order valence-corrected chi connectivity index (χ1v) is 4.69. The molecule has 0 aromatic carbocycles. The maximum absolute atomic E-state index is 10.8. The number of nitrogens with zero attached hydrogens (tertiary/aromatic N) is 3. The Bertz CT molecular complexity index is 525. The zero-order valence-corrected chi connectivity index (χ0v) is 8.66. The molecule has 0 radical (unpaired) electrons. The Morgan fingerprint density at radius 2 is 2.35 bits per heavy atom. The fourth-order valence-corrected chi connectivity index (χ4v) is 1.29. The Morgan fingerprint density at radius 1 is 1.53 bits per heavy atom. The molecule has 0 unspecified atom stereocenters. The van der Waals surface area contributed by atoms with Crippen molar-refractivity contribution in [1.29, 1.82) is 0 Å². The molecule has 2 rings (SSSR count). The molecule has 0 atom stereocenters. The first kappa shape index (κ1) is 10.9. The quantitative estimate of drug-likeness (QED) is 0.602. The highest BCUT2D eigenvalue weighted by Crippen LogP contribution is 2.26. The lowest BCUT2D eigenvalue weighted by Gasteiger charge is -2.04. The van der Waals surface area contributed by atoms with Crippen LogP contribution >= 0.6 is 0 Å². The maximum Gasteiger partial charge on any atom is 0.352 e. The van der Waals surface area contributed by atoms with Crippen LogP contribution in [0.3, 0.4) is 0 Å². The summed E-state index contributed by atoms with van der Waals surface area (Å²) in [4.78, 5) is 17.5. The van der Waals surface area contributed by atoms with Crippen LogP contribution in [0.15, 0.2) is 29.1 Å². The lowest BCUT2D eigenvalue weighted by Crippen LogP contribution is -2.07. The number of nitro groups is 1. The molecule has 2 aromatic heterocycles. The average Bonchev–Trinajstić information content (AvgIpc) is 2.78. The van der Waals surface area contributed by atoms with Gasteiger partial charge in [-0.05, 0) is 12.1 Å². The van der Waals surface area contributed by atoms with Crippen LogP contribution in [0, 0.1) is 10.1 Å². The van der Waals surface area contributed by atoms with Crippen molar-refractivity contribution in [2.24, 2.45) is 0 Å². The Kier molecular flexibility index (Phi) is 2.86. The molecule has 88 valence electrons. The van der Waals surface area contributed by atoms with Gasteiger partial charge in [-0.3, -0.25) is 10.1 Å². The van der Waals surface area contributed by atoms with Gasteiger partial charge in [-0.25, -0.2) is 9.97 Å². The van der Waals surface area contributed by atoms with Crippen molar-refractivity contribution in [3.8, 4) is 0 Å². The van der Waals surface area contributed by atoms with Gasteiger partial charge in [0.25, 0.3) is 0 Å². The Labute approximate surface area is 95.6 Å². The highest BCUT2D eigenvalue weighted by Gasteiger charge is 2.20. The van der Waals surface area contributed by atoms with Crippen LogP contribution in [-0.4, -0.2) is 14.9 Å². The number of nitrogens with one attached hydrogen (secondary N) is 1. The third kappa shape index (κ3) is 2.30. The standard InChI is InChI=1S/C9H9N5O3/c10-8-7(14(15)16)9(13-5-12-8)11-4-6-2-1-3-17-6/h1-3,5H,4H2,(H3,10,11,12,13). The van der Waals surface area contributed by atoms with Crippen LogP contribution in [-0.2, 0) is 6.54 Å². The van der Waals surface area contributed by atoms with Crippen molar-refractivity contribution in [1.82, 2.24) is 9.97 Å². The lowest BCUT2D eigenvalue weighted by molar-refractivity contribution is -0.383. The van der Waals surface area contributed by atoms with Gasteiger partial charge in [0, 0.05) is 0 Å². The van der Waals surface area contributed by atoms with Gasteiger partial charge in [-0.1, -0.05) is 0 Å².